The lowest BCUT2D eigenvalue weighted by molar-refractivity contribution is 0.250. The highest BCUT2D eigenvalue weighted by molar-refractivity contribution is 9.10. The maximum Gasteiger partial charge on any atom is 0.0175 e. The molecule has 1 aliphatic carbocycles. The Morgan fingerprint density at radius 1 is 0.947 bits per heavy atom. The first-order valence-electron chi connectivity index (χ1n) is 8.02. The van der Waals surface area contributed by atoms with E-state index in [-0.39, 0.29) is 0 Å². The molecule has 0 unspecified atom stereocenters. The van der Waals surface area contributed by atoms with Gasteiger partial charge in [-0.15, -0.1) is 0 Å². The van der Waals surface area contributed by atoms with E-state index in [9.17, 15) is 0 Å². The molecule has 1 fully saturated rings. The fraction of sp³-hybridized carbons (Fsp3) is 0.667. The highest BCUT2D eigenvalue weighted by Gasteiger charge is 2.20. The molecule has 0 saturated heterocycles. The van der Waals surface area contributed by atoms with Gasteiger partial charge in [-0.05, 0) is 42.4 Å². The quantitative estimate of drug-likeness (QED) is 0.570. The van der Waals surface area contributed by atoms with Crippen LogP contribution in [0, 0.1) is 11.8 Å². The number of rotatable bonds is 6. The van der Waals surface area contributed by atoms with Crippen LogP contribution in [0.25, 0.3) is 0 Å². The second kappa shape index (κ2) is 8.09. The van der Waals surface area contributed by atoms with Gasteiger partial charge in [0.1, 0.15) is 0 Å². The van der Waals surface area contributed by atoms with E-state index in [1.54, 1.807) is 0 Å². The van der Waals surface area contributed by atoms with E-state index in [2.05, 4.69) is 47.1 Å². The van der Waals surface area contributed by atoms with Gasteiger partial charge < -0.3 is 0 Å². The molecule has 106 valence electrons. The van der Waals surface area contributed by atoms with Crippen molar-refractivity contribution in [3.63, 3.8) is 0 Å². The zero-order valence-electron chi connectivity index (χ0n) is 12.2. The van der Waals surface area contributed by atoms with Gasteiger partial charge in [-0.2, -0.15) is 0 Å². The summed E-state index contributed by atoms with van der Waals surface area (Å²) in [5.74, 6) is 2.03. The van der Waals surface area contributed by atoms with Gasteiger partial charge in [0, 0.05) is 4.47 Å². The van der Waals surface area contributed by atoms with Crippen molar-refractivity contribution in [2.75, 3.05) is 0 Å². The molecule has 0 aliphatic heterocycles. The van der Waals surface area contributed by atoms with Crippen molar-refractivity contribution in [1.82, 2.24) is 0 Å². The minimum absolute atomic E-state index is 0.988. The Morgan fingerprint density at radius 3 is 2.11 bits per heavy atom. The topological polar surface area (TPSA) is 0 Å². The van der Waals surface area contributed by atoms with Gasteiger partial charge in [-0.3, -0.25) is 0 Å². The minimum atomic E-state index is 0.988. The highest BCUT2D eigenvalue weighted by atomic mass is 79.9. The Hall–Kier alpha value is -0.300. The summed E-state index contributed by atoms with van der Waals surface area (Å²) in [5.41, 5.74) is 1.50. The molecule has 0 atom stereocenters. The zero-order chi connectivity index (χ0) is 13.5. The summed E-state index contributed by atoms with van der Waals surface area (Å²) in [6.45, 7) is 2.31. The number of aryl methyl sites for hydroxylation is 1. The van der Waals surface area contributed by atoms with Gasteiger partial charge in [-0.25, -0.2) is 0 Å². The molecule has 0 amide bonds. The van der Waals surface area contributed by atoms with Crippen LogP contribution in [-0.4, -0.2) is 0 Å². The summed E-state index contributed by atoms with van der Waals surface area (Å²) >= 11 is 3.50. The third-order valence-electron chi connectivity index (χ3n) is 4.69. The molecule has 0 nitrogen and oxygen atoms in total. The van der Waals surface area contributed by atoms with Crippen LogP contribution in [0.1, 0.15) is 63.9 Å². The second-order valence-corrected chi connectivity index (χ2v) is 7.11. The molecule has 0 bridgehead atoms. The lowest BCUT2D eigenvalue weighted by Gasteiger charge is -2.28. The van der Waals surface area contributed by atoms with Crippen LogP contribution in [0.5, 0.6) is 0 Å². The Balaban J connectivity index is 1.67. The third kappa shape index (κ3) is 5.30. The van der Waals surface area contributed by atoms with Gasteiger partial charge in [0.15, 0.2) is 0 Å². The third-order valence-corrected chi connectivity index (χ3v) is 5.22. The van der Waals surface area contributed by atoms with E-state index in [4.69, 9.17) is 0 Å². The predicted octanol–water partition coefficient (Wildman–Crippen LogP) is 6.38. The monoisotopic (exact) mass is 322 g/mol. The van der Waals surface area contributed by atoms with Gasteiger partial charge >= 0.3 is 0 Å². The highest BCUT2D eigenvalue weighted by Crippen LogP contribution is 2.34. The van der Waals surface area contributed by atoms with Crippen LogP contribution in [0.3, 0.4) is 0 Å². The molecule has 1 aromatic carbocycles. The Kier molecular flexibility index (Phi) is 6.43. The normalized spacial score (nSPS) is 23.5. The number of hydrogen-bond donors (Lipinski definition) is 0. The Morgan fingerprint density at radius 2 is 1.53 bits per heavy atom. The fourth-order valence-corrected chi connectivity index (χ4v) is 3.59. The van der Waals surface area contributed by atoms with Crippen LogP contribution >= 0.6 is 15.9 Å². The average Bonchev–Trinajstić information content (AvgIpc) is 2.46. The summed E-state index contributed by atoms with van der Waals surface area (Å²) in [4.78, 5) is 0. The van der Waals surface area contributed by atoms with Crippen LogP contribution in [0.4, 0.5) is 0 Å². The first-order chi connectivity index (χ1) is 9.28. The average molecular weight is 323 g/mol. The van der Waals surface area contributed by atoms with Crippen molar-refractivity contribution in [3.8, 4) is 0 Å². The van der Waals surface area contributed by atoms with E-state index >= 15 is 0 Å². The molecule has 1 aliphatic rings. The first kappa shape index (κ1) is 15.1. The summed E-state index contributed by atoms with van der Waals surface area (Å²) < 4.78 is 1.19. The smallest absolute Gasteiger partial charge is 0.0175 e. The first-order valence-corrected chi connectivity index (χ1v) is 8.81. The molecule has 0 spiro atoms. The molecule has 0 aromatic heterocycles. The summed E-state index contributed by atoms with van der Waals surface area (Å²) in [5, 5.41) is 0. The van der Waals surface area contributed by atoms with Crippen LogP contribution in [-0.2, 0) is 6.42 Å². The minimum Gasteiger partial charge on any atom is -0.0654 e. The summed E-state index contributed by atoms with van der Waals surface area (Å²) in [6, 6.07) is 8.85. The lowest BCUT2D eigenvalue weighted by atomic mass is 9.78. The Bertz CT molecular complexity index is 346. The van der Waals surface area contributed by atoms with Crippen molar-refractivity contribution in [2.45, 2.75) is 64.7 Å². The fourth-order valence-electron chi connectivity index (χ4n) is 3.32. The van der Waals surface area contributed by atoms with Crippen molar-refractivity contribution < 1.29 is 0 Å². The largest absolute Gasteiger partial charge is 0.0654 e. The van der Waals surface area contributed by atoms with Gasteiger partial charge in [0.05, 0.1) is 0 Å². The van der Waals surface area contributed by atoms with Crippen molar-refractivity contribution in [3.05, 3.63) is 34.3 Å². The number of halogens is 1. The van der Waals surface area contributed by atoms with E-state index < -0.39 is 0 Å². The summed E-state index contributed by atoms with van der Waals surface area (Å²) in [7, 11) is 0. The van der Waals surface area contributed by atoms with Gasteiger partial charge in [-0.1, -0.05) is 79.9 Å². The molecule has 19 heavy (non-hydrogen) atoms. The molecular weight excluding hydrogens is 296 g/mol. The summed E-state index contributed by atoms with van der Waals surface area (Å²) in [6.07, 6.45) is 12.9. The van der Waals surface area contributed by atoms with Crippen LogP contribution < -0.4 is 0 Å². The molecule has 1 heteroatoms. The van der Waals surface area contributed by atoms with Crippen molar-refractivity contribution in [1.29, 1.82) is 0 Å². The van der Waals surface area contributed by atoms with Crippen molar-refractivity contribution >= 4 is 15.9 Å². The number of hydrogen-bond acceptors (Lipinski definition) is 0. The maximum atomic E-state index is 3.50. The molecule has 0 heterocycles. The number of unbranched alkanes of at least 4 members (excludes halogenated alkanes) is 1. The lowest BCUT2D eigenvalue weighted by Crippen LogP contribution is -2.15. The van der Waals surface area contributed by atoms with Gasteiger partial charge in [0.2, 0.25) is 0 Å². The van der Waals surface area contributed by atoms with Crippen LogP contribution in [0.15, 0.2) is 28.7 Å². The van der Waals surface area contributed by atoms with E-state index in [0.29, 0.717) is 0 Å². The SMILES string of the molecule is CCCCC1CCC(CCc2ccc(Br)cc2)CC1. The van der Waals surface area contributed by atoms with Gasteiger partial charge in [0.25, 0.3) is 0 Å². The molecule has 2 rings (SSSR count). The molecule has 0 radical (unpaired) electrons. The van der Waals surface area contributed by atoms with Crippen LogP contribution in [0.2, 0.25) is 0 Å². The second-order valence-electron chi connectivity index (χ2n) is 6.19. The zero-order valence-corrected chi connectivity index (χ0v) is 13.8. The maximum absolute atomic E-state index is 3.50. The van der Waals surface area contributed by atoms with Crippen molar-refractivity contribution in [2.24, 2.45) is 11.8 Å². The van der Waals surface area contributed by atoms with E-state index in [0.717, 1.165) is 11.8 Å². The molecule has 1 aromatic rings. The standard InChI is InChI=1S/C18H27Br/c1-2-3-4-15-5-7-16(8-6-15)9-10-17-11-13-18(19)14-12-17/h11-16H,2-10H2,1H3. The Labute approximate surface area is 127 Å². The van der Waals surface area contributed by atoms with E-state index in [1.165, 1.54) is 67.8 Å². The number of benzene rings is 1. The predicted molar refractivity (Wildman–Crippen MR) is 87.4 cm³/mol. The van der Waals surface area contributed by atoms with E-state index in [1.807, 2.05) is 0 Å². The molecule has 1 saturated carbocycles. The molecular formula is C18H27Br. The molecule has 0 N–H and O–H groups in total.